The van der Waals surface area contributed by atoms with Gasteiger partial charge < -0.3 is 10.4 Å². The van der Waals surface area contributed by atoms with Gasteiger partial charge in [0, 0.05) is 37.5 Å². The number of rotatable bonds is 5. The van der Waals surface area contributed by atoms with Crippen molar-refractivity contribution in [3.05, 3.63) is 62.4 Å². The number of halogens is 2. The molecule has 0 spiro atoms. The number of ketones is 1. The number of Topliss-reactive ketones (excluding diaryl/α,β-unsaturated/α-hetero) is 1. The second-order valence-electron chi connectivity index (χ2n) is 7.84. The van der Waals surface area contributed by atoms with E-state index in [-0.39, 0.29) is 41.1 Å². The fraction of sp³-hybridized carbons (Fsp3) is 0.524. The lowest BCUT2D eigenvalue weighted by Crippen LogP contribution is -2.47. The van der Waals surface area contributed by atoms with Crippen LogP contribution in [0.25, 0.3) is 0 Å². The van der Waals surface area contributed by atoms with Gasteiger partial charge in [0.2, 0.25) is 0 Å². The summed E-state index contributed by atoms with van der Waals surface area (Å²) in [6, 6.07) is 5.69. The zero-order valence-corrected chi connectivity index (χ0v) is 18.1. The maximum atomic E-state index is 13.0. The van der Waals surface area contributed by atoms with E-state index < -0.39 is 5.69 Å². The van der Waals surface area contributed by atoms with E-state index >= 15 is 0 Å². The van der Waals surface area contributed by atoms with E-state index in [4.69, 9.17) is 0 Å². The van der Waals surface area contributed by atoms with Gasteiger partial charge in [-0.05, 0) is 63.0 Å². The lowest BCUT2D eigenvalue weighted by molar-refractivity contribution is 0.0836. The molecule has 0 aliphatic carbocycles. The van der Waals surface area contributed by atoms with Crippen molar-refractivity contribution in [3.63, 3.8) is 0 Å². The highest BCUT2D eigenvalue weighted by Crippen LogP contribution is 2.22. The Morgan fingerprint density at radius 2 is 1.71 bits per heavy atom. The van der Waals surface area contributed by atoms with Crippen LogP contribution in [-0.2, 0) is 19.5 Å². The van der Waals surface area contributed by atoms with Crippen molar-refractivity contribution >= 4 is 18.2 Å². The minimum absolute atomic E-state index is 0. The predicted octanol–water partition coefficient (Wildman–Crippen LogP) is 1.07. The van der Waals surface area contributed by atoms with Crippen molar-refractivity contribution in [1.29, 1.82) is 0 Å². The SMILES string of the molecule is Cl.O.O=C(c1ccc(F)cc1)C1CCN(CCn2c(=O)nc3n(c2=O)CCCC3)CC1. The van der Waals surface area contributed by atoms with Crippen molar-refractivity contribution < 1.29 is 14.7 Å². The van der Waals surface area contributed by atoms with E-state index in [1.54, 1.807) is 4.57 Å². The molecular weight excluding hydrogens is 427 g/mol. The summed E-state index contributed by atoms with van der Waals surface area (Å²) in [4.78, 5) is 43.7. The van der Waals surface area contributed by atoms with Gasteiger partial charge in [-0.25, -0.2) is 18.5 Å². The summed E-state index contributed by atoms with van der Waals surface area (Å²) in [5.74, 6) is 0.232. The fourth-order valence-electron chi connectivity index (χ4n) is 4.24. The third kappa shape index (κ3) is 5.47. The third-order valence-electron chi connectivity index (χ3n) is 5.99. The van der Waals surface area contributed by atoms with Crippen LogP contribution in [0.1, 0.15) is 41.9 Å². The molecule has 31 heavy (non-hydrogen) atoms. The highest BCUT2D eigenvalue weighted by Gasteiger charge is 2.26. The Kier molecular flexibility index (Phi) is 8.67. The van der Waals surface area contributed by atoms with E-state index in [1.807, 2.05) is 0 Å². The monoisotopic (exact) mass is 454 g/mol. The average Bonchev–Trinajstić information content (AvgIpc) is 2.74. The first-order valence-electron chi connectivity index (χ1n) is 10.3. The normalized spacial score (nSPS) is 16.7. The molecule has 1 fully saturated rings. The number of nitrogens with zero attached hydrogens (tertiary/aromatic N) is 4. The van der Waals surface area contributed by atoms with Crippen molar-refractivity contribution in [1.82, 2.24) is 19.0 Å². The first kappa shape index (κ1) is 24.9. The number of carbonyl (C=O) groups excluding carboxylic acids is 1. The smallest absolute Gasteiger partial charge is 0.353 e. The summed E-state index contributed by atoms with van der Waals surface area (Å²) < 4.78 is 15.9. The van der Waals surface area contributed by atoms with Gasteiger partial charge in [0.1, 0.15) is 11.6 Å². The average molecular weight is 455 g/mol. The van der Waals surface area contributed by atoms with Crippen LogP contribution in [-0.4, -0.2) is 49.9 Å². The molecule has 170 valence electrons. The Morgan fingerprint density at radius 3 is 2.39 bits per heavy atom. The molecule has 3 heterocycles. The number of aromatic nitrogens is 3. The third-order valence-corrected chi connectivity index (χ3v) is 5.99. The summed E-state index contributed by atoms with van der Waals surface area (Å²) >= 11 is 0. The minimum atomic E-state index is -0.468. The Bertz CT molecular complexity index is 1010. The second-order valence-corrected chi connectivity index (χ2v) is 7.84. The van der Waals surface area contributed by atoms with Gasteiger partial charge >= 0.3 is 11.4 Å². The molecule has 0 saturated carbocycles. The molecule has 0 bridgehead atoms. The molecule has 0 atom stereocenters. The lowest BCUT2D eigenvalue weighted by atomic mass is 9.89. The van der Waals surface area contributed by atoms with E-state index in [1.165, 1.54) is 28.8 Å². The lowest BCUT2D eigenvalue weighted by Gasteiger charge is -2.31. The molecule has 4 rings (SSSR count). The number of piperidine rings is 1. The molecule has 0 unspecified atom stereocenters. The maximum Gasteiger partial charge on any atom is 0.353 e. The highest BCUT2D eigenvalue weighted by molar-refractivity contribution is 5.97. The van der Waals surface area contributed by atoms with Crippen LogP contribution in [0.15, 0.2) is 33.9 Å². The summed E-state index contributed by atoms with van der Waals surface area (Å²) in [6.07, 6.45) is 4.00. The first-order chi connectivity index (χ1) is 14.0. The molecule has 1 aromatic carbocycles. The molecule has 2 aliphatic heterocycles. The van der Waals surface area contributed by atoms with Crippen LogP contribution in [0.4, 0.5) is 4.39 Å². The van der Waals surface area contributed by atoms with E-state index in [0.717, 1.165) is 25.9 Å². The van der Waals surface area contributed by atoms with E-state index in [0.29, 0.717) is 50.3 Å². The van der Waals surface area contributed by atoms with Crippen molar-refractivity contribution in [2.24, 2.45) is 5.92 Å². The van der Waals surface area contributed by atoms with Crippen molar-refractivity contribution in [2.45, 2.75) is 45.2 Å². The standard InChI is InChI=1S/C21H25FN4O3.ClH.H2O/c22-17-6-4-15(5-7-17)19(27)16-8-11-24(12-9-16)13-14-26-20(28)23-18-3-1-2-10-25(18)21(26)29;;/h4-7,16H,1-3,8-14H2;1H;1H2. The van der Waals surface area contributed by atoms with Crippen LogP contribution >= 0.6 is 12.4 Å². The zero-order chi connectivity index (χ0) is 20.4. The van der Waals surface area contributed by atoms with Crippen LogP contribution < -0.4 is 11.4 Å². The van der Waals surface area contributed by atoms with E-state index in [9.17, 15) is 18.8 Å². The summed E-state index contributed by atoms with van der Waals surface area (Å²) in [5, 5.41) is 0. The fourth-order valence-corrected chi connectivity index (χ4v) is 4.24. The van der Waals surface area contributed by atoms with Crippen molar-refractivity contribution in [2.75, 3.05) is 19.6 Å². The molecule has 1 aromatic heterocycles. The highest BCUT2D eigenvalue weighted by atomic mass is 35.5. The van der Waals surface area contributed by atoms with Gasteiger partial charge in [0.15, 0.2) is 5.78 Å². The first-order valence-corrected chi connectivity index (χ1v) is 10.3. The van der Waals surface area contributed by atoms with Crippen LogP contribution in [0, 0.1) is 11.7 Å². The van der Waals surface area contributed by atoms with Gasteiger partial charge in [-0.15, -0.1) is 12.4 Å². The second kappa shape index (κ2) is 10.8. The van der Waals surface area contributed by atoms with Gasteiger partial charge in [0.25, 0.3) is 0 Å². The maximum absolute atomic E-state index is 13.0. The van der Waals surface area contributed by atoms with Gasteiger partial charge in [-0.3, -0.25) is 9.36 Å². The quantitative estimate of drug-likeness (QED) is 0.628. The van der Waals surface area contributed by atoms with Gasteiger partial charge in [-0.2, -0.15) is 4.98 Å². The van der Waals surface area contributed by atoms with Crippen LogP contribution in [0.5, 0.6) is 0 Å². The number of fused-ring (bicyclic) bond motifs is 1. The van der Waals surface area contributed by atoms with Crippen LogP contribution in [0.2, 0.25) is 0 Å². The Balaban J connectivity index is 0.00000171. The molecule has 0 radical (unpaired) electrons. The Morgan fingerprint density at radius 1 is 1.03 bits per heavy atom. The number of likely N-dealkylation sites (tertiary alicyclic amines) is 1. The number of hydrogen-bond acceptors (Lipinski definition) is 5. The number of aryl methyl sites for hydroxylation is 1. The molecular formula is C21H28ClFN4O4. The Hall–Kier alpha value is -2.36. The predicted molar refractivity (Wildman–Crippen MR) is 116 cm³/mol. The molecule has 1 saturated heterocycles. The number of hydrogen-bond donors (Lipinski definition) is 0. The van der Waals surface area contributed by atoms with Crippen LogP contribution in [0.3, 0.4) is 0 Å². The summed E-state index contributed by atoms with van der Waals surface area (Å²) in [6.45, 7) is 2.96. The summed E-state index contributed by atoms with van der Waals surface area (Å²) in [5.41, 5.74) is -0.185. The number of carbonyl (C=O) groups is 1. The number of benzene rings is 1. The zero-order valence-electron chi connectivity index (χ0n) is 17.3. The summed E-state index contributed by atoms with van der Waals surface area (Å²) in [7, 11) is 0. The largest absolute Gasteiger partial charge is 0.412 e. The molecule has 2 aliphatic rings. The van der Waals surface area contributed by atoms with Gasteiger partial charge in [0.05, 0.1) is 0 Å². The Labute approximate surface area is 185 Å². The van der Waals surface area contributed by atoms with Gasteiger partial charge in [-0.1, -0.05) is 0 Å². The van der Waals surface area contributed by atoms with Crippen molar-refractivity contribution in [3.8, 4) is 0 Å². The molecule has 10 heteroatoms. The van der Waals surface area contributed by atoms with E-state index in [2.05, 4.69) is 9.88 Å². The molecule has 8 nitrogen and oxygen atoms in total. The molecule has 0 amide bonds. The topological polar surface area (TPSA) is 109 Å². The molecule has 2 aromatic rings. The minimum Gasteiger partial charge on any atom is -0.412 e. The molecule has 2 N–H and O–H groups in total.